The smallest absolute Gasteiger partial charge is 0.258 e. The molecule has 0 atom stereocenters. The SMILES string of the molecule is COc1c(Cl)ccc(Cl)c1C(=O)N(C)CCN1CCCCC1. The molecule has 0 spiro atoms. The quantitative estimate of drug-likeness (QED) is 0.818. The summed E-state index contributed by atoms with van der Waals surface area (Å²) in [6.07, 6.45) is 3.79. The lowest BCUT2D eigenvalue weighted by molar-refractivity contribution is 0.0770. The van der Waals surface area contributed by atoms with Crippen molar-refractivity contribution >= 4 is 29.1 Å². The molecule has 122 valence electrons. The van der Waals surface area contributed by atoms with Gasteiger partial charge in [-0.25, -0.2) is 0 Å². The fraction of sp³-hybridized carbons (Fsp3) is 0.562. The minimum atomic E-state index is -0.165. The van der Waals surface area contributed by atoms with E-state index in [1.165, 1.54) is 26.4 Å². The average Bonchev–Trinajstić information content (AvgIpc) is 2.54. The van der Waals surface area contributed by atoms with Gasteiger partial charge in [0.05, 0.1) is 17.2 Å². The predicted octanol–water partition coefficient (Wildman–Crippen LogP) is 3.56. The molecule has 4 nitrogen and oxygen atoms in total. The molecular weight excluding hydrogens is 323 g/mol. The maximum absolute atomic E-state index is 12.7. The van der Waals surface area contributed by atoms with E-state index in [1.807, 2.05) is 0 Å². The van der Waals surface area contributed by atoms with E-state index in [4.69, 9.17) is 27.9 Å². The van der Waals surface area contributed by atoms with Crippen molar-refractivity contribution in [2.75, 3.05) is 40.3 Å². The van der Waals surface area contributed by atoms with Gasteiger partial charge in [0.1, 0.15) is 5.56 Å². The first-order valence-corrected chi connectivity index (χ1v) is 8.30. The average molecular weight is 345 g/mol. The standard InChI is InChI=1S/C16H22Cl2N2O2/c1-19(10-11-20-8-4-3-5-9-20)16(21)14-12(17)6-7-13(18)15(14)22-2/h6-7H,3-5,8-11H2,1-2H3. The Morgan fingerprint density at radius 1 is 1.23 bits per heavy atom. The van der Waals surface area contributed by atoms with Crippen LogP contribution in [0, 0.1) is 0 Å². The number of ether oxygens (including phenoxy) is 1. The summed E-state index contributed by atoms with van der Waals surface area (Å²) >= 11 is 12.3. The molecule has 1 aromatic carbocycles. The van der Waals surface area contributed by atoms with E-state index < -0.39 is 0 Å². The van der Waals surface area contributed by atoms with Crippen LogP contribution in [0.5, 0.6) is 5.75 Å². The minimum Gasteiger partial charge on any atom is -0.494 e. The van der Waals surface area contributed by atoms with Gasteiger partial charge in [-0.3, -0.25) is 4.79 Å². The van der Waals surface area contributed by atoms with E-state index in [2.05, 4.69) is 4.90 Å². The molecule has 0 saturated carbocycles. The van der Waals surface area contributed by atoms with Gasteiger partial charge in [0.25, 0.3) is 5.91 Å². The highest BCUT2D eigenvalue weighted by molar-refractivity contribution is 6.37. The Morgan fingerprint density at radius 3 is 2.50 bits per heavy atom. The number of methoxy groups -OCH3 is 1. The van der Waals surface area contributed by atoms with Crippen LogP contribution in [0.15, 0.2) is 12.1 Å². The molecule has 2 rings (SSSR count). The molecule has 1 amide bonds. The van der Waals surface area contributed by atoms with Gasteiger partial charge >= 0.3 is 0 Å². The largest absolute Gasteiger partial charge is 0.494 e. The molecule has 0 radical (unpaired) electrons. The van der Waals surface area contributed by atoms with E-state index in [0.29, 0.717) is 27.9 Å². The number of hydrogen-bond acceptors (Lipinski definition) is 3. The number of halogens is 2. The molecule has 1 aliphatic heterocycles. The number of likely N-dealkylation sites (N-methyl/N-ethyl adjacent to an activating group) is 1. The fourth-order valence-electron chi connectivity index (χ4n) is 2.70. The first-order valence-electron chi connectivity index (χ1n) is 7.54. The molecule has 0 N–H and O–H groups in total. The van der Waals surface area contributed by atoms with Crippen LogP contribution in [-0.2, 0) is 0 Å². The van der Waals surface area contributed by atoms with Gasteiger partial charge < -0.3 is 14.5 Å². The number of carbonyl (C=O) groups excluding carboxylic acids is 1. The van der Waals surface area contributed by atoms with Gasteiger partial charge in [-0.15, -0.1) is 0 Å². The Hall–Kier alpha value is -0.970. The summed E-state index contributed by atoms with van der Waals surface area (Å²) in [6, 6.07) is 3.26. The minimum absolute atomic E-state index is 0.165. The molecule has 1 fully saturated rings. The number of piperidine rings is 1. The molecule has 0 unspecified atom stereocenters. The van der Waals surface area contributed by atoms with E-state index in [0.717, 1.165) is 19.6 Å². The van der Waals surface area contributed by atoms with Crippen molar-refractivity contribution in [3.05, 3.63) is 27.7 Å². The summed E-state index contributed by atoms with van der Waals surface area (Å²) in [7, 11) is 3.27. The first-order chi connectivity index (χ1) is 10.5. The van der Waals surface area contributed by atoms with Gasteiger partial charge in [-0.2, -0.15) is 0 Å². The predicted molar refractivity (Wildman–Crippen MR) is 90.3 cm³/mol. The maximum Gasteiger partial charge on any atom is 0.258 e. The van der Waals surface area contributed by atoms with Crippen molar-refractivity contribution in [2.24, 2.45) is 0 Å². The molecular formula is C16H22Cl2N2O2. The number of rotatable bonds is 5. The van der Waals surface area contributed by atoms with Crippen LogP contribution in [0.1, 0.15) is 29.6 Å². The van der Waals surface area contributed by atoms with Crippen molar-refractivity contribution in [1.82, 2.24) is 9.80 Å². The Morgan fingerprint density at radius 2 is 1.86 bits per heavy atom. The summed E-state index contributed by atoms with van der Waals surface area (Å²) in [6.45, 7) is 3.76. The van der Waals surface area contributed by atoms with Crippen molar-refractivity contribution in [1.29, 1.82) is 0 Å². The third-order valence-corrected chi connectivity index (χ3v) is 4.64. The molecule has 0 aromatic heterocycles. The van der Waals surface area contributed by atoms with Gasteiger partial charge in [-0.05, 0) is 38.1 Å². The van der Waals surface area contributed by atoms with E-state index in [1.54, 1.807) is 24.1 Å². The van der Waals surface area contributed by atoms with Crippen LogP contribution >= 0.6 is 23.2 Å². The molecule has 0 bridgehead atoms. The zero-order valence-electron chi connectivity index (χ0n) is 13.1. The lowest BCUT2D eigenvalue weighted by Crippen LogP contribution is -2.38. The van der Waals surface area contributed by atoms with Crippen LogP contribution < -0.4 is 4.74 Å². The van der Waals surface area contributed by atoms with Crippen LogP contribution in [0.3, 0.4) is 0 Å². The zero-order chi connectivity index (χ0) is 16.1. The zero-order valence-corrected chi connectivity index (χ0v) is 14.6. The van der Waals surface area contributed by atoms with E-state index in [9.17, 15) is 4.79 Å². The number of likely N-dealkylation sites (tertiary alicyclic amines) is 1. The Bertz CT molecular complexity index is 531. The van der Waals surface area contributed by atoms with Crippen LogP contribution in [-0.4, -0.2) is 56.0 Å². The number of benzene rings is 1. The topological polar surface area (TPSA) is 32.8 Å². The number of amides is 1. The molecule has 1 heterocycles. The number of carbonyl (C=O) groups is 1. The monoisotopic (exact) mass is 344 g/mol. The summed E-state index contributed by atoms with van der Waals surface area (Å²) in [5.41, 5.74) is 0.331. The first kappa shape index (κ1) is 17.4. The van der Waals surface area contributed by atoms with Crippen LogP contribution in [0.4, 0.5) is 0 Å². The highest BCUT2D eigenvalue weighted by atomic mass is 35.5. The fourth-order valence-corrected chi connectivity index (χ4v) is 3.16. The van der Waals surface area contributed by atoms with Crippen molar-refractivity contribution in [3.8, 4) is 5.75 Å². The van der Waals surface area contributed by atoms with Crippen molar-refractivity contribution in [3.63, 3.8) is 0 Å². The van der Waals surface area contributed by atoms with Gasteiger partial charge in [0.2, 0.25) is 0 Å². The Kier molecular flexibility index (Phi) is 6.36. The molecule has 1 aliphatic rings. The summed E-state index contributed by atoms with van der Waals surface area (Å²) in [4.78, 5) is 16.7. The van der Waals surface area contributed by atoms with Gasteiger partial charge in [0, 0.05) is 20.1 Å². The third kappa shape index (κ3) is 4.06. The maximum atomic E-state index is 12.7. The van der Waals surface area contributed by atoms with Crippen LogP contribution in [0.25, 0.3) is 0 Å². The van der Waals surface area contributed by atoms with Crippen molar-refractivity contribution < 1.29 is 9.53 Å². The highest BCUT2D eigenvalue weighted by Crippen LogP contribution is 2.34. The molecule has 22 heavy (non-hydrogen) atoms. The summed E-state index contributed by atoms with van der Waals surface area (Å²) < 4.78 is 5.25. The summed E-state index contributed by atoms with van der Waals surface area (Å²) in [5.74, 6) is 0.172. The van der Waals surface area contributed by atoms with Gasteiger partial charge in [0.15, 0.2) is 5.75 Å². The molecule has 1 aromatic rings. The lowest BCUT2D eigenvalue weighted by Gasteiger charge is -2.28. The second-order valence-corrected chi connectivity index (χ2v) is 6.38. The Balaban J connectivity index is 2.05. The van der Waals surface area contributed by atoms with E-state index in [-0.39, 0.29) is 5.91 Å². The third-order valence-electron chi connectivity index (χ3n) is 4.02. The summed E-state index contributed by atoms with van der Waals surface area (Å²) in [5, 5.41) is 0.746. The van der Waals surface area contributed by atoms with E-state index >= 15 is 0 Å². The second-order valence-electron chi connectivity index (χ2n) is 5.57. The van der Waals surface area contributed by atoms with Crippen LogP contribution in [0.2, 0.25) is 10.0 Å². The Labute approximate surface area is 141 Å². The highest BCUT2D eigenvalue weighted by Gasteiger charge is 2.23. The number of nitrogens with zero attached hydrogens (tertiary/aromatic N) is 2. The second kappa shape index (κ2) is 8.04. The van der Waals surface area contributed by atoms with Crippen molar-refractivity contribution in [2.45, 2.75) is 19.3 Å². The number of hydrogen-bond donors (Lipinski definition) is 0. The molecule has 1 saturated heterocycles. The lowest BCUT2D eigenvalue weighted by atomic mass is 10.1. The van der Waals surface area contributed by atoms with Gasteiger partial charge in [-0.1, -0.05) is 29.6 Å². The normalized spacial score (nSPS) is 15.6. The molecule has 6 heteroatoms. The molecule has 0 aliphatic carbocycles.